The minimum atomic E-state index is -2.94. The molecule has 4 heterocycles. The largest absolute Gasteiger partial charge is 0.489 e. The van der Waals surface area contributed by atoms with Crippen LogP contribution in [0.3, 0.4) is 0 Å². The second kappa shape index (κ2) is 10.4. The summed E-state index contributed by atoms with van der Waals surface area (Å²) in [6.45, 7) is 1.40. The van der Waals surface area contributed by atoms with Gasteiger partial charge in [-0.2, -0.15) is 8.78 Å². The molecule has 3 saturated heterocycles. The maximum absolute atomic E-state index is 16.2. The highest BCUT2D eigenvalue weighted by Crippen LogP contribution is 2.61. The van der Waals surface area contributed by atoms with Crippen LogP contribution < -0.4 is 19.7 Å². The Balaban J connectivity index is 1.09. The molecule has 4 fully saturated rings. The number of epoxide rings is 1. The topological polar surface area (TPSA) is 96.5 Å². The number of pyridine rings is 1. The highest BCUT2D eigenvalue weighted by molar-refractivity contribution is 6.06. The number of urea groups is 1. The lowest BCUT2D eigenvalue weighted by molar-refractivity contribution is -0.120. The third-order valence-electron chi connectivity index (χ3n) is 8.90. The second-order valence-corrected chi connectivity index (χ2v) is 12.0. The Bertz CT molecular complexity index is 1620. The van der Waals surface area contributed by atoms with E-state index in [9.17, 15) is 18.4 Å². The van der Waals surface area contributed by atoms with E-state index in [1.807, 2.05) is 6.92 Å². The number of ether oxygens (including phenoxy) is 3. The first-order valence-corrected chi connectivity index (χ1v) is 14.5. The molecule has 2 aromatic carbocycles. The van der Waals surface area contributed by atoms with Crippen molar-refractivity contribution in [2.75, 3.05) is 31.1 Å². The zero-order chi connectivity index (χ0) is 29.9. The van der Waals surface area contributed by atoms with E-state index >= 15 is 4.39 Å². The first-order valence-electron chi connectivity index (χ1n) is 14.5. The molecular weight excluding hydrogens is 565 g/mol. The van der Waals surface area contributed by atoms with E-state index < -0.39 is 29.7 Å². The van der Waals surface area contributed by atoms with E-state index in [1.54, 1.807) is 30.3 Å². The lowest BCUT2D eigenvalue weighted by Crippen LogP contribution is -2.49. The van der Waals surface area contributed by atoms with Crippen molar-refractivity contribution in [3.8, 4) is 11.5 Å². The Labute approximate surface area is 245 Å². The number of nitrogens with zero attached hydrogens (tertiary/aromatic N) is 3. The van der Waals surface area contributed by atoms with Gasteiger partial charge in [0.05, 0.1) is 24.0 Å². The van der Waals surface area contributed by atoms with E-state index in [1.165, 1.54) is 17.2 Å². The van der Waals surface area contributed by atoms with Crippen molar-refractivity contribution in [1.82, 2.24) is 15.2 Å². The molecule has 0 spiro atoms. The summed E-state index contributed by atoms with van der Waals surface area (Å²) in [5.41, 5.74) is 0.758. The zero-order valence-corrected chi connectivity index (χ0v) is 23.6. The van der Waals surface area contributed by atoms with Gasteiger partial charge in [-0.15, -0.1) is 0 Å². The summed E-state index contributed by atoms with van der Waals surface area (Å²) in [7, 11) is 0. The van der Waals surface area contributed by atoms with Crippen LogP contribution in [0.5, 0.6) is 11.5 Å². The number of amides is 3. The third kappa shape index (κ3) is 5.16. The number of carbonyl (C=O) groups excluding carboxylic acids is 2. The van der Waals surface area contributed by atoms with Gasteiger partial charge in [-0.3, -0.25) is 24.9 Å². The number of piperidine rings is 1. The molecule has 1 aromatic heterocycles. The molecule has 1 N–H and O–H groups in total. The molecule has 226 valence electrons. The predicted octanol–water partition coefficient (Wildman–Crippen LogP) is 5.10. The summed E-state index contributed by atoms with van der Waals surface area (Å²) in [4.78, 5) is 31.9. The average molecular weight is 597 g/mol. The Hall–Kier alpha value is -3.90. The fourth-order valence-electron chi connectivity index (χ4n) is 6.40. The van der Waals surface area contributed by atoms with E-state index in [0.29, 0.717) is 61.1 Å². The van der Waals surface area contributed by atoms with Gasteiger partial charge in [0, 0.05) is 43.5 Å². The Morgan fingerprint density at radius 3 is 2.72 bits per heavy atom. The molecule has 9 nitrogen and oxygen atoms in total. The molecule has 7 rings (SSSR count). The number of fused-ring (bicyclic) bond motifs is 2. The van der Waals surface area contributed by atoms with Gasteiger partial charge in [0.15, 0.2) is 11.5 Å². The molecule has 12 heteroatoms. The summed E-state index contributed by atoms with van der Waals surface area (Å²) >= 11 is 0. The van der Waals surface area contributed by atoms with Crippen LogP contribution in [0.2, 0.25) is 0 Å². The zero-order valence-electron chi connectivity index (χ0n) is 23.6. The SMILES string of the molecule is CC12CN(Cc3ccc(OC(F)F)c(OCC4CC4)c3)CCC1(c1ccc3ncc(N4CCC(=O)NC4=O)cc3c1F)O2. The minimum absolute atomic E-state index is 0.0216. The number of benzene rings is 2. The molecule has 2 unspecified atom stereocenters. The van der Waals surface area contributed by atoms with Crippen molar-refractivity contribution in [2.24, 2.45) is 5.92 Å². The Morgan fingerprint density at radius 2 is 1.98 bits per heavy atom. The van der Waals surface area contributed by atoms with Gasteiger partial charge in [0.2, 0.25) is 5.91 Å². The first-order chi connectivity index (χ1) is 20.6. The Kier molecular flexibility index (Phi) is 6.73. The molecule has 0 bridgehead atoms. The van der Waals surface area contributed by atoms with Crippen LogP contribution >= 0.6 is 0 Å². The Morgan fingerprint density at radius 1 is 1.14 bits per heavy atom. The van der Waals surface area contributed by atoms with Gasteiger partial charge < -0.3 is 14.2 Å². The maximum Gasteiger partial charge on any atom is 0.387 e. The van der Waals surface area contributed by atoms with Crippen molar-refractivity contribution in [3.63, 3.8) is 0 Å². The standard InChI is InChI=1S/C31H31F3N4O5/c1-30-17-37(15-19-4-7-24(42-28(33)34)25(12-19)41-16-18-2-3-18)11-9-31(30,43-30)22-5-6-23-21(27(22)32)13-20(14-35-23)38-10-8-26(39)36-29(38)40/h4-7,12-14,18,28H,2-3,8-11,15-17H2,1H3,(H,36,39,40). The van der Waals surface area contributed by atoms with E-state index in [0.717, 1.165) is 18.4 Å². The number of hydrogen-bond donors (Lipinski definition) is 1. The average Bonchev–Trinajstić information content (AvgIpc) is 3.88. The number of imide groups is 1. The van der Waals surface area contributed by atoms with Gasteiger partial charge in [-0.1, -0.05) is 12.1 Å². The predicted molar refractivity (Wildman–Crippen MR) is 150 cm³/mol. The van der Waals surface area contributed by atoms with Crippen LogP contribution in [0.1, 0.15) is 43.7 Å². The number of nitrogens with one attached hydrogen (secondary N) is 1. The summed E-state index contributed by atoms with van der Waals surface area (Å²) in [5.74, 6) is 0.00000447. The number of likely N-dealkylation sites (tertiary alicyclic amines) is 1. The summed E-state index contributed by atoms with van der Waals surface area (Å²) in [6, 6.07) is 9.54. The monoisotopic (exact) mass is 596 g/mol. The highest BCUT2D eigenvalue weighted by Gasteiger charge is 2.70. The number of carbonyl (C=O) groups is 2. The number of aromatic nitrogens is 1. The van der Waals surface area contributed by atoms with Crippen molar-refractivity contribution in [2.45, 2.75) is 57.0 Å². The van der Waals surface area contributed by atoms with Crippen LogP contribution in [0.25, 0.3) is 10.9 Å². The molecule has 2 atom stereocenters. The smallest absolute Gasteiger partial charge is 0.387 e. The molecular formula is C31H31F3N4O5. The summed E-state index contributed by atoms with van der Waals surface area (Å²) in [6.07, 6.45) is 4.35. The quantitative estimate of drug-likeness (QED) is 0.344. The summed E-state index contributed by atoms with van der Waals surface area (Å²) in [5, 5.41) is 2.55. The van der Waals surface area contributed by atoms with Crippen molar-refractivity contribution in [3.05, 3.63) is 59.5 Å². The van der Waals surface area contributed by atoms with Gasteiger partial charge in [0.1, 0.15) is 17.0 Å². The van der Waals surface area contributed by atoms with Crippen LogP contribution in [0.4, 0.5) is 23.7 Å². The van der Waals surface area contributed by atoms with Crippen LogP contribution in [0, 0.1) is 11.7 Å². The van der Waals surface area contributed by atoms with Crippen LogP contribution in [0.15, 0.2) is 42.6 Å². The number of rotatable bonds is 9. The highest BCUT2D eigenvalue weighted by atomic mass is 19.3. The molecule has 3 aromatic rings. The number of hydrogen-bond acceptors (Lipinski definition) is 7. The van der Waals surface area contributed by atoms with Gasteiger partial charge in [-0.25, -0.2) is 9.18 Å². The van der Waals surface area contributed by atoms with Gasteiger partial charge in [-0.05, 0) is 61.9 Å². The maximum atomic E-state index is 16.2. The number of anilines is 1. The third-order valence-corrected chi connectivity index (χ3v) is 8.90. The van der Waals surface area contributed by atoms with Crippen LogP contribution in [-0.2, 0) is 21.7 Å². The van der Waals surface area contributed by atoms with E-state index in [2.05, 4.69) is 19.9 Å². The van der Waals surface area contributed by atoms with E-state index in [-0.39, 0.29) is 30.0 Å². The summed E-state index contributed by atoms with van der Waals surface area (Å²) < 4.78 is 58.9. The van der Waals surface area contributed by atoms with Crippen molar-refractivity contribution < 1.29 is 37.0 Å². The second-order valence-electron chi connectivity index (χ2n) is 12.0. The normalized spacial score (nSPS) is 25.6. The van der Waals surface area contributed by atoms with E-state index in [4.69, 9.17) is 9.47 Å². The fraction of sp³-hybridized carbons (Fsp3) is 0.452. The van der Waals surface area contributed by atoms with Crippen molar-refractivity contribution >= 4 is 28.5 Å². The molecule has 0 radical (unpaired) electrons. The molecule has 1 aliphatic carbocycles. The number of alkyl halides is 2. The lowest BCUT2D eigenvalue weighted by Gasteiger charge is -2.33. The fourth-order valence-corrected chi connectivity index (χ4v) is 6.40. The minimum Gasteiger partial charge on any atom is -0.489 e. The van der Waals surface area contributed by atoms with Crippen LogP contribution in [-0.4, -0.2) is 60.3 Å². The number of halogens is 3. The molecule has 1 saturated carbocycles. The molecule has 4 aliphatic rings. The van der Waals surface area contributed by atoms with Crippen molar-refractivity contribution in [1.29, 1.82) is 0 Å². The van der Waals surface area contributed by atoms with Gasteiger partial charge in [0.25, 0.3) is 0 Å². The molecule has 43 heavy (non-hydrogen) atoms. The van der Waals surface area contributed by atoms with Gasteiger partial charge >= 0.3 is 12.6 Å². The first kappa shape index (κ1) is 27.9. The molecule has 3 amide bonds. The lowest BCUT2D eigenvalue weighted by atomic mass is 9.80. The molecule has 3 aliphatic heterocycles.